The molecule has 0 aliphatic rings. The Morgan fingerprint density at radius 1 is 1.10 bits per heavy atom. The molecule has 0 unspecified atom stereocenters. The summed E-state index contributed by atoms with van der Waals surface area (Å²) < 4.78 is 57.0. The normalized spacial score (nSPS) is 11.5. The molecule has 0 aliphatic heterocycles. The van der Waals surface area contributed by atoms with E-state index in [-0.39, 0.29) is 22.0 Å². The average molecular weight is 419 g/mol. The van der Waals surface area contributed by atoms with Crippen LogP contribution in [0.4, 0.5) is 8.78 Å². The van der Waals surface area contributed by atoms with Crippen molar-refractivity contribution in [2.45, 2.75) is 25.2 Å². The molecule has 3 rings (SSSR count). The number of carbonyl (C=O) groups is 1. The molecule has 0 atom stereocenters. The van der Waals surface area contributed by atoms with Crippen molar-refractivity contribution in [3.05, 3.63) is 71.1 Å². The van der Waals surface area contributed by atoms with E-state index in [0.29, 0.717) is 17.7 Å². The fourth-order valence-corrected chi connectivity index (χ4v) is 4.34. The number of carbonyl (C=O) groups excluding carboxylic acids is 1. The maximum absolute atomic E-state index is 14.2. The lowest BCUT2D eigenvalue weighted by Crippen LogP contribution is -2.32. The second-order valence-corrected chi connectivity index (χ2v) is 8.09. The molecular weight excluding hydrogens is 400 g/mol. The predicted molar refractivity (Wildman–Crippen MR) is 104 cm³/mol. The van der Waals surface area contributed by atoms with E-state index in [2.05, 4.69) is 4.98 Å². The van der Waals surface area contributed by atoms with Crippen LogP contribution >= 0.6 is 0 Å². The van der Waals surface area contributed by atoms with E-state index in [0.717, 1.165) is 12.1 Å². The summed E-state index contributed by atoms with van der Waals surface area (Å²) in [4.78, 5) is 16.8. The molecule has 3 aromatic rings. The molecule has 1 amide bonds. The van der Waals surface area contributed by atoms with Crippen molar-refractivity contribution in [2.24, 2.45) is 7.05 Å². The van der Waals surface area contributed by atoms with Crippen molar-refractivity contribution in [2.75, 3.05) is 0 Å². The maximum Gasteiger partial charge on any atom is 0.285 e. The molecule has 0 bridgehead atoms. The van der Waals surface area contributed by atoms with E-state index < -0.39 is 27.6 Å². The zero-order chi connectivity index (χ0) is 21.3. The fourth-order valence-electron chi connectivity index (χ4n) is 3.14. The van der Waals surface area contributed by atoms with E-state index in [1.807, 2.05) is 4.72 Å². The Bertz CT molecular complexity index is 1180. The molecule has 152 valence electrons. The number of amides is 1. The highest BCUT2D eigenvalue weighted by Crippen LogP contribution is 2.27. The van der Waals surface area contributed by atoms with Gasteiger partial charge in [-0.1, -0.05) is 31.2 Å². The van der Waals surface area contributed by atoms with Crippen LogP contribution < -0.4 is 4.72 Å². The lowest BCUT2D eigenvalue weighted by atomic mass is 10.2. The Hall–Kier alpha value is -3.07. The van der Waals surface area contributed by atoms with Crippen LogP contribution in [0.3, 0.4) is 0 Å². The van der Waals surface area contributed by atoms with Gasteiger partial charge < -0.3 is 4.57 Å². The summed E-state index contributed by atoms with van der Waals surface area (Å²) in [6.07, 6.45) is 0.298. The van der Waals surface area contributed by atoms with Gasteiger partial charge in [-0.2, -0.15) is 0 Å². The SMILES string of the molecule is CCc1c(C(=O)NS(=O)(=O)c2ccccc2C)nc(-c2c(F)cccc2F)n1C. The van der Waals surface area contributed by atoms with Crippen LogP contribution in [-0.2, 0) is 23.5 Å². The molecule has 0 radical (unpaired) electrons. The minimum absolute atomic E-state index is 0.0392. The summed E-state index contributed by atoms with van der Waals surface area (Å²) in [6, 6.07) is 9.60. The summed E-state index contributed by atoms with van der Waals surface area (Å²) in [5.41, 5.74) is 0.231. The number of imidazole rings is 1. The molecule has 29 heavy (non-hydrogen) atoms. The van der Waals surface area contributed by atoms with Crippen LogP contribution in [0, 0.1) is 18.6 Å². The Kier molecular flexibility index (Phi) is 5.52. The van der Waals surface area contributed by atoms with E-state index in [1.54, 1.807) is 32.0 Å². The first-order valence-corrected chi connectivity index (χ1v) is 10.3. The van der Waals surface area contributed by atoms with Crippen molar-refractivity contribution in [1.29, 1.82) is 0 Å². The lowest BCUT2D eigenvalue weighted by Gasteiger charge is -2.09. The number of nitrogens with one attached hydrogen (secondary N) is 1. The van der Waals surface area contributed by atoms with Crippen LogP contribution in [0.1, 0.15) is 28.7 Å². The van der Waals surface area contributed by atoms with Gasteiger partial charge in [-0.05, 0) is 37.1 Å². The third-order valence-corrected chi connectivity index (χ3v) is 6.05. The van der Waals surface area contributed by atoms with Crippen LogP contribution in [0.15, 0.2) is 47.4 Å². The van der Waals surface area contributed by atoms with Gasteiger partial charge in [-0.3, -0.25) is 4.79 Å². The highest BCUT2D eigenvalue weighted by atomic mass is 32.2. The number of halogens is 2. The van der Waals surface area contributed by atoms with Crippen LogP contribution in [0.25, 0.3) is 11.4 Å². The molecule has 0 spiro atoms. The minimum Gasteiger partial charge on any atom is -0.330 e. The molecule has 1 N–H and O–H groups in total. The highest BCUT2D eigenvalue weighted by molar-refractivity contribution is 7.90. The van der Waals surface area contributed by atoms with Crippen LogP contribution in [0.2, 0.25) is 0 Å². The topological polar surface area (TPSA) is 81.1 Å². The zero-order valence-corrected chi connectivity index (χ0v) is 16.8. The second-order valence-electron chi connectivity index (χ2n) is 6.44. The van der Waals surface area contributed by atoms with Gasteiger partial charge >= 0.3 is 0 Å². The first-order valence-electron chi connectivity index (χ1n) is 8.80. The Labute approximate surface area is 167 Å². The molecule has 0 saturated heterocycles. The number of nitrogens with zero attached hydrogens (tertiary/aromatic N) is 2. The minimum atomic E-state index is -4.14. The summed E-state index contributed by atoms with van der Waals surface area (Å²) in [5.74, 6) is -2.74. The average Bonchev–Trinajstić information content (AvgIpc) is 2.98. The van der Waals surface area contributed by atoms with Gasteiger partial charge in [-0.25, -0.2) is 26.9 Å². The van der Waals surface area contributed by atoms with E-state index in [9.17, 15) is 22.0 Å². The van der Waals surface area contributed by atoms with Gasteiger partial charge in [0.25, 0.3) is 15.9 Å². The number of hydrogen-bond donors (Lipinski definition) is 1. The van der Waals surface area contributed by atoms with Crippen molar-refractivity contribution >= 4 is 15.9 Å². The molecule has 9 heteroatoms. The Morgan fingerprint density at radius 2 is 1.72 bits per heavy atom. The van der Waals surface area contributed by atoms with Crippen molar-refractivity contribution in [3.8, 4) is 11.4 Å². The summed E-state index contributed by atoms with van der Waals surface area (Å²) in [5, 5.41) is 0. The smallest absolute Gasteiger partial charge is 0.285 e. The largest absolute Gasteiger partial charge is 0.330 e. The molecule has 2 aromatic carbocycles. The molecule has 0 fully saturated rings. The summed E-state index contributed by atoms with van der Waals surface area (Å²) in [6.45, 7) is 3.33. The number of rotatable bonds is 5. The van der Waals surface area contributed by atoms with Gasteiger partial charge in [0, 0.05) is 7.05 Å². The van der Waals surface area contributed by atoms with Gasteiger partial charge in [-0.15, -0.1) is 0 Å². The molecular formula is C20H19F2N3O3S. The number of sulfonamides is 1. The standard InChI is InChI=1S/C20H19F2N3O3S/c1-4-15-18(20(26)24-29(27,28)16-11-6-5-8-12(16)2)23-19(25(15)3)17-13(21)9-7-10-14(17)22/h5-11H,4H2,1-3H3,(H,24,26). The zero-order valence-electron chi connectivity index (χ0n) is 16.0. The monoisotopic (exact) mass is 419 g/mol. The van der Waals surface area contributed by atoms with Gasteiger partial charge in [0.1, 0.15) is 17.5 Å². The van der Waals surface area contributed by atoms with Crippen molar-refractivity contribution in [1.82, 2.24) is 14.3 Å². The quantitative estimate of drug-likeness (QED) is 0.688. The summed E-state index contributed by atoms with van der Waals surface area (Å²) >= 11 is 0. The van der Waals surface area contributed by atoms with E-state index in [4.69, 9.17) is 0 Å². The van der Waals surface area contributed by atoms with Crippen molar-refractivity contribution in [3.63, 3.8) is 0 Å². The fraction of sp³-hybridized carbons (Fsp3) is 0.200. The van der Waals surface area contributed by atoms with E-state index >= 15 is 0 Å². The number of benzene rings is 2. The third kappa shape index (κ3) is 3.77. The van der Waals surface area contributed by atoms with Gasteiger partial charge in [0.05, 0.1) is 16.2 Å². The third-order valence-electron chi connectivity index (χ3n) is 4.56. The van der Waals surface area contributed by atoms with Crippen molar-refractivity contribution < 1.29 is 22.0 Å². The second kappa shape index (κ2) is 7.75. The number of aromatic nitrogens is 2. The Balaban J connectivity index is 2.06. The number of hydrogen-bond acceptors (Lipinski definition) is 4. The summed E-state index contributed by atoms with van der Waals surface area (Å²) in [7, 11) is -2.63. The highest BCUT2D eigenvalue weighted by Gasteiger charge is 2.27. The Morgan fingerprint density at radius 3 is 2.31 bits per heavy atom. The molecule has 6 nitrogen and oxygen atoms in total. The molecule has 1 aromatic heterocycles. The number of aryl methyl sites for hydroxylation is 1. The maximum atomic E-state index is 14.2. The van der Waals surface area contributed by atoms with Gasteiger partial charge in [0.2, 0.25) is 0 Å². The predicted octanol–water partition coefficient (Wildman–Crippen LogP) is 3.35. The van der Waals surface area contributed by atoms with Crippen LogP contribution in [-0.4, -0.2) is 23.9 Å². The lowest BCUT2D eigenvalue weighted by molar-refractivity contribution is 0.0976. The molecule has 1 heterocycles. The molecule has 0 aliphatic carbocycles. The van der Waals surface area contributed by atoms with E-state index in [1.165, 1.54) is 23.7 Å². The first-order chi connectivity index (χ1) is 13.7. The van der Waals surface area contributed by atoms with Gasteiger partial charge in [0.15, 0.2) is 5.69 Å². The van der Waals surface area contributed by atoms with Crippen LogP contribution in [0.5, 0.6) is 0 Å². The molecule has 0 saturated carbocycles. The first kappa shape index (κ1) is 20.7.